The Labute approximate surface area is 156 Å². The molecule has 27 heavy (non-hydrogen) atoms. The fourth-order valence-electron chi connectivity index (χ4n) is 2.94. The van der Waals surface area contributed by atoms with Gasteiger partial charge in [0.15, 0.2) is 0 Å². The van der Waals surface area contributed by atoms with Gasteiger partial charge >= 0.3 is 6.03 Å². The summed E-state index contributed by atoms with van der Waals surface area (Å²) in [6.07, 6.45) is 2.04. The highest BCUT2D eigenvalue weighted by atomic mass is 16.5. The van der Waals surface area contributed by atoms with Crippen molar-refractivity contribution in [1.82, 2.24) is 10.2 Å². The lowest BCUT2D eigenvalue weighted by Gasteiger charge is -2.15. The zero-order chi connectivity index (χ0) is 18.8. The lowest BCUT2D eigenvalue weighted by atomic mass is 10.1. The van der Waals surface area contributed by atoms with Crippen molar-refractivity contribution in [3.63, 3.8) is 0 Å². The Hall–Kier alpha value is -3.35. The van der Waals surface area contributed by atoms with Crippen molar-refractivity contribution < 1.29 is 19.1 Å². The van der Waals surface area contributed by atoms with E-state index in [2.05, 4.69) is 10.6 Å². The molecule has 0 unspecified atom stereocenters. The molecule has 0 radical (unpaired) electrons. The van der Waals surface area contributed by atoms with Crippen LogP contribution in [0.15, 0.2) is 48.5 Å². The van der Waals surface area contributed by atoms with Crippen LogP contribution in [0.3, 0.4) is 0 Å². The van der Waals surface area contributed by atoms with Crippen LogP contribution in [0.25, 0.3) is 0 Å². The first-order chi connectivity index (χ1) is 13.1. The van der Waals surface area contributed by atoms with E-state index in [4.69, 9.17) is 4.74 Å². The Morgan fingerprint density at radius 1 is 1.04 bits per heavy atom. The molecule has 1 heterocycles. The fourth-order valence-corrected chi connectivity index (χ4v) is 2.94. The minimum atomic E-state index is -0.300. The predicted molar refractivity (Wildman–Crippen MR) is 98.9 cm³/mol. The van der Waals surface area contributed by atoms with Crippen molar-refractivity contribution in [3.05, 3.63) is 59.7 Å². The Morgan fingerprint density at radius 3 is 2.41 bits per heavy atom. The molecule has 2 N–H and O–H groups in total. The minimum absolute atomic E-state index is 0.159. The van der Waals surface area contributed by atoms with Crippen LogP contribution in [0, 0.1) is 0 Å². The molecular weight excluding hydrogens is 346 g/mol. The summed E-state index contributed by atoms with van der Waals surface area (Å²) in [5, 5.41) is 5.61. The van der Waals surface area contributed by atoms with Crippen molar-refractivity contribution in [1.29, 1.82) is 0 Å². The number of ether oxygens (including phenoxy) is 1. The molecule has 2 aromatic carbocycles. The van der Waals surface area contributed by atoms with Crippen molar-refractivity contribution in [2.75, 3.05) is 18.5 Å². The molecule has 0 spiro atoms. The van der Waals surface area contributed by atoms with E-state index in [0.717, 1.165) is 12.8 Å². The van der Waals surface area contributed by atoms with Gasteiger partial charge in [-0.05, 0) is 37.1 Å². The van der Waals surface area contributed by atoms with Gasteiger partial charge in [0.1, 0.15) is 12.4 Å². The van der Waals surface area contributed by atoms with E-state index in [1.165, 1.54) is 4.90 Å². The number of nitrogens with zero attached hydrogens (tertiary/aromatic N) is 1. The van der Waals surface area contributed by atoms with Crippen LogP contribution in [0.4, 0.5) is 10.5 Å². The lowest BCUT2D eigenvalue weighted by Crippen LogP contribution is -2.33. The fraction of sp³-hybridized carbons (Fsp3) is 0.250. The third-order valence-corrected chi connectivity index (χ3v) is 4.47. The van der Waals surface area contributed by atoms with E-state index in [1.807, 2.05) is 0 Å². The summed E-state index contributed by atoms with van der Waals surface area (Å²) in [4.78, 5) is 37.6. The Morgan fingerprint density at radius 2 is 1.74 bits per heavy atom. The van der Waals surface area contributed by atoms with Crippen LogP contribution in [-0.2, 0) is 0 Å². The summed E-state index contributed by atoms with van der Waals surface area (Å²) < 4.78 is 5.66. The van der Waals surface area contributed by atoms with E-state index in [0.29, 0.717) is 22.6 Å². The third kappa shape index (κ3) is 3.76. The van der Waals surface area contributed by atoms with Crippen LogP contribution >= 0.6 is 0 Å². The maximum absolute atomic E-state index is 12.3. The summed E-state index contributed by atoms with van der Waals surface area (Å²) in [5.41, 5.74) is 1.47. The molecule has 1 aliphatic carbocycles. The number of rotatable bonds is 6. The van der Waals surface area contributed by atoms with Crippen molar-refractivity contribution in [2.45, 2.75) is 18.9 Å². The number of urea groups is 1. The molecular formula is C20H19N3O4. The van der Waals surface area contributed by atoms with Gasteiger partial charge < -0.3 is 15.4 Å². The van der Waals surface area contributed by atoms with E-state index in [9.17, 15) is 14.4 Å². The molecule has 4 amide bonds. The highest BCUT2D eigenvalue weighted by Crippen LogP contribution is 2.23. The molecule has 7 nitrogen and oxygen atoms in total. The van der Waals surface area contributed by atoms with Gasteiger partial charge in [0.25, 0.3) is 11.8 Å². The Kier molecular flexibility index (Phi) is 4.50. The maximum atomic E-state index is 12.3. The first kappa shape index (κ1) is 17.1. The Balaban J connectivity index is 1.32. The van der Waals surface area contributed by atoms with Gasteiger partial charge in [-0.1, -0.05) is 18.2 Å². The average molecular weight is 365 g/mol. The summed E-state index contributed by atoms with van der Waals surface area (Å²) in [5.74, 6) is -0.0476. The number of nitrogens with one attached hydrogen (secondary N) is 2. The molecule has 0 bridgehead atoms. The molecule has 2 aromatic rings. The number of hydrogen-bond donors (Lipinski definition) is 2. The molecule has 4 rings (SSSR count). The van der Waals surface area contributed by atoms with E-state index in [1.54, 1.807) is 48.5 Å². The summed E-state index contributed by atoms with van der Waals surface area (Å²) in [6, 6.07) is 13.8. The number of amides is 4. The molecule has 0 saturated heterocycles. The first-order valence-corrected chi connectivity index (χ1v) is 8.87. The largest absolute Gasteiger partial charge is 0.492 e. The van der Waals surface area contributed by atoms with Crippen LogP contribution in [0.2, 0.25) is 0 Å². The van der Waals surface area contributed by atoms with Gasteiger partial charge in [-0.25, -0.2) is 4.79 Å². The molecule has 1 aliphatic heterocycles. The summed E-state index contributed by atoms with van der Waals surface area (Å²) in [7, 11) is 0. The summed E-state index contributed by atoms with van der Waals surface area (Å²) in [6.45, 7) is 0.329. The van der Waals surface area contributed by atoms with Gasteiger partial charge in [-0.2, -0.15) is 0 Å². The van der Waals surface area contributed by atoms with E-state index < -0.39 is 0 Å². The summed E-state index contributed by atoms with van der Waals surface area (Å²) >= 11 is 0. The quantitative estimate of drug-likeness (QED) is 0.771. The minimum Gasteiger partial charge on any atom is -0.492 e. The maximum Gasteiger partial charge on any atom is 0.319 e. The second kappa shape index (κ2) is 7.11. The van der Waals surface area contributed by atoms with Crippen molar-refractivity contribution >= 4 is 23.5 Å². The molecule has 0 atom stereocenters. The smallest absolute Gasteiger partial charge is 0.319 e. The Bertz CT molecular complexity index is 873. The van der Waals surface area contributed by atoms with Crippen LogP contribution in [-0.4, -0.2) is 41.9 Å². The van der Waals surface area contributed by atoms with Crippen molar-refractivity contribution in [3.8, 4) is 5.75 Å². The standard InChI is InChI=1S/C20H19N3O4/c24-18-16-6-1-2-7-17(16)19(25)23(18)10-11-27-15-5-3-4-14(12-15)22-20(26)21-13-8-9-13/h1-7,12-13H,8-11H2,(H2,21,22,26). The van der Waals surface area contributed by atoms with Gasteiger partial charge in [-0.3, -0.25) is 14.5 Å². The number of benzene rings is 2. The first-order valence-electron chi connectivity index (χ1n) is 8.87. The highest BCUT2D eigenvalue weighted by molar-refractivity contribution is 6.21. The molecule has 7 heteroatoms. The normalized spacial score (nSPS) is 15.5. The SMILES string of the molecule is O=C(Nc1cccc(OCCN2C(=O)c3ccccc3C2=O)c1)NC1CC1. The predicted octanol–water partition coefficient (Wildman–Crippen LogP) is 2.65. The van der Waals surface area contributed by atoms with Gasteiger partial charge in [-0.15, -0.1) is 0 Å². The topological polar surface area (TPSA) is 87.7 Å². The zero-order valence-electron chi connectivity index (χ0n) is 14.6. The second-order valence-corrected chi connectivity index (χ2v) is 6.56. The number of carbonyl (C=O) groups is 3. The number of hydrogen-bond acceptors (Lipinski definition) is 4. The van der Waals surface area contributed by atoms with Crippen LogP contribution in [0.5, 0.6) is 5.75 Å². The lowest BCUT2D eigenvalue weighted by molar-refractivity contribution is 0.0631. The van der Waals surface area contributed by atoms with E-state index in [-0.39, 0.29) is 37.0 Å². The van der Waals surface area contributed by atoms with Crippen LogP contribution < -0.4 is 15.4 Å². The molecule has 1 saturated carbocycles. The van der Waals surface area contributed by atoms with Gasteiger partial charge in [0, 0.05) is 17.8 Å². The average Bonchev–Trinajstić information content (AvgIpc) is 3.44. The number of anilines is 1. The van der Waals surface area contributed by atoms with Crippen molar-refractivity contribution in [2.24, 2.45) is 0 Å². The number of fused-ring (bicyclic) bond motifs is 1. The third-order valence-electron chi connectivity index (χ3n) is 4.47. The monoisotopic (exact) mass is 365 g/mol. The molecule has 2 aliphatic rings. The number of imide groups is 1. The van der Waals surface area contributed by atoms with E-state index >= 15 is 0 Å². The molecule has 0 aromatic heterocycles. The molecule has 1 fully saturated rings. The van der Waals surface area contributed by atoms with Crippen LogP contribution in [0.1, 0.15) is 33.6 Å². The molecule has 138 valence electrons. The van der Waals surface area contributed by atoms with Gasteiger partial charge in [0.05, 0.1) is 17.7 Å². The zero-order valence-corrected chi connectivity index (χ0v) is 14.6. The highest BCUT2D eigenvalue weighted by Gasteiger charge is 2.34. The van der Waals surface area contributed by atoms with Gasteiger partial charge in [0.2, 0.25) is 0 Å². The number of carbonyl (C=O) groups excluding carboxylic acids is 3. The second-order valence-electron chi connectivity index (χ2n) is 6.56.